The number of aromatic carboxylic acids is 1. The molecule has 0 radical (unpaired) electrons. The lowest BCUT2D eigenvalue weighted by atomic mass is 10.0. The van der Waals surface area contributed by atoms with E-state index in [-0.39, 0.29) is 12.0 Å². The van der Waals surface area contributed by atoms with E-state index in [4.69, 9.17) is 19.5 Å². The lowest BCUT2D eigenvalue weighted by molar-refractivity contribution is 0.0490. The van der Waals surface area contributed by atoms with Crippen molar-refractivity contribution in [1.82, 2.24) is 9.55 Å². The van der Waals surface area contributed by atoms with Crippen LogP contribution < -0.4 is 9.47 Å². The number of halogens is 1. The Hall–Kier alpha value is -5.20. The van der Waals surface area contributed by atoms with E-state index >= 15 is 4.39 Å². The number of hydrogen-bond acceptors (Lipinski definition) is 6. The second kappa shape index (κ2) is 10.8. The minimum Gasteiger partial charge on any atom is -0.478 e. The summed E-state index contributed by atoms with van der Waals surface area (Å²) in [5.74, 6) is 0.242. The number of hydrogen-bond donors (Lipinski definition) is 1. The number of carboxylic acid groups (broad SMARTS) is 1. The smallest absolute Gasteiger partial charge is 0.335 e. The maximum atomic E-state index is 15.6. The van der Waals surface area contributed by atoms with Crippen molar-refractivity contribution in [1.29, 1.82) is 5.26 Å². The van der Waals surface area contributed by atoms with Gasteiger partial charge in [0.15, 0.2) is 11.5 Å². The Bertz CT molecular complexity index is 1820. The number of rotatable bonds is 8. The minimum atomic E-state index is -1.03. The van der Waals surface area contributed by atoms with Crippen molar-refractivity contribution in [2.24, 2.45) is 0 Å². The van der Waals surface area contributed by atoms with E-state index in [0.717, 1.165) is 5.56 Å². The van der Waals surface area contributed by atoms with Crippen molar-refractivity contribution in [2.75, 3.05) is 13.7 Å². The molecule has 9 heteroatoms. The molecule has 2 heterocycles. The first-order valence-electron chi connectivity index (χ1n) is 12.9. The van der Waals surface area contributed by atoms with Crippen LogP contribution in [0.3, 0.4) is 0 Å². The van der Waals surface area contributed by atoms with Crippen LogP contribution in [0.5, 0.6) is 11.5 Å². The predicted octanol–water partition coefficient (Wildman–Crippen LogP) is 6.12. The molecule has 0 aliphatic carbocycles. The van der Waals surface area contributed by atoms with Crippen LogP contribution in [0.25, 0.3) is 22.2 Å². The van der Waals surface area contributed by atoms with Crippen LogP contribution >= 0.6 is 0 Å². The van der Waals surface area contributed by atoms with Crippen LogP contribution in [-0.4, -0.2) is 34.3 Å². The molecule has 8 nitrogen and oxygen atoms in total. The Labute approximate surface area is 234 Å². The molecule has 1 N–H and O–H groups in total. The Balaban J connectivity index is 1.29. The van der Waals surface area contributed by atoms with Crippen molar-refractivity contribution in [3.63, 3.8) is 0 Å². The van der Waals surface area contributed by atoms with Crippen LogP contribution in [0, 0.1) is 17.1 Å². The normalized spacial score (nSPS) is 13.8. The van der Waals surface area contributed by atoms with Gasteiger partial charge in [-0.3, -0.25) is 0 Å². The second-order valence-electron chi connectivity index (χ2n) is 9.60. The zero-order chi connectivity index (χ0) is 28.5. The van der Waals surface area contributed by atoms with Gasteiger partial charge >= 0.3 is 5.97 Å². The highest BCUT2D eigenvalue weighted by molar-refractivity contribution is 5.92. The highest BCUT2D eigenvalue weighted by Gasteiger charge is 2.29. The molecule has 41 heavy (non-hydrogen) atoms. The number of aromatic nitrogens is 2. The predicted molar refractivity (Wildman–Crippen MR) is 148 cm³/mol. The summed E-state index contributed by atoms with van der Waals surface area (Å²) in [7, 11) is 1.58. The highest BCUT2D eigenvalue weighted by Crippen LogP contribution is 2.46. The fraction of sp³-hybridized carbons (Fsp3) is 0.156. The van der Waals surface area contributed by atoms with Gasteiger partial charge in [0.1, 0.15) is 11.6 Å². The summed E-state index contributed by atoms with van der Waals surface area (Å²) in [6.45, 7) is 0.834. The second-order valence-corrected chi connectivity index (χ2v) is 9.60. The standard InChI is InChI=1S/C32H24FN3O5/c1-39-14-13-36-27-16-23(31(37)38)11-12-26(27)35-29(36)17-22-10-9-21(15-25(22)33)24-3-2-4-28-30(24)41-32(40-28)20-7-5-19(18-34)6-8-20/h2-12,15-16,32H,13-14,17H2,1H3,(H,37,38). The number of methoxy groups -OCH3 is 1. The first-order valence-corrected chi connectivity index (χ1v) is 12.9. The molecular weight excluding hydrogens is 525 g/mol. The van der Waals surface area contributed by atoms with E-state index in [1.807, 2.05) is 22.8 Å². The average molecular weight is 550 g/mol. The monoisotopic (exact) mass is 549 g/mol. The van der Waals surface area contributed by atoms with Gasteiger partial charge in [-0.2, -0.15) is 5.26 Å². The number of nitriles is 1. The Morgan fingerprint density at radius 1 is 1.10 bits per heavy atom. The van der Waals surface area contributed by atoms with Gasteiger partial charge in [-0.15, -0.1) is 0 Å². The van der Waals surface area contributed by atoms with Crippen molar-refractivity contribution in [3.8, 4) is 28.7 Å². The lowest BCUT2D eigenvalue weighted by Gasteiger charge is -2.12. The molecule has 5 aromatic rings. The number of nitrogens with zero attached hydrogens (tertiary/aromatic N) is 3. The Kier molecular flexibility index (Phi) is 6.83. The SMILES string of the molecule is COCCn1c(Cc2ccc(-c3cccc4c3OC(c3ccc(C#N)cc3)O4)cc2F)nc2ccc(C(=O)O)cc21. The van der Waals surface area contributed by atoms with Gasteiger partial charge in [0.25, 0.3) is 6.29 Å². The fourth-order valence-electron chi connectivity index (χ4n) is 4.96. The molecule has 0 saturated heterocycles. The molecule has 1 unspecified atom stereocenters. The molecule has 6 rings (SSSR count). The average Bonchev–Trinajstić information content (AvgIpc) is 3.58. The third-order valence-corrected chi connectivity index (χ3v) is 7.06. The summed E-state index contributed by atoms with van der Waals surface area (Å²) in [5, 5.41) is 18.5. The van der Waals surface area contributed by atoms with E-state index < -0.39 is 18.1 Å². The third kappa shape index (κ3) is 4.97. The van der Waals surface area contributed by atoms with Gasteiger partial charge in [-0.1, -0.05) is 36.4 Å². The number of benzene rings is 4. The largest absolute Gasteiger partial charge is 0.478 e. The summed E-state index contributed by atoms with van der Waals surface area (Å²) >= 11 is 0. The van der Waals surface area contributed by atoms with Crippen LogP contribution in [0.1, 0.15) is 39.2 Å². The maximum Gasteiger partial charge on any atom is 0.335 e. The highest BCUT2D eigenvalue weighted by atomic mass is 19.1. The number of carbonyl (C=O) groups is 1. The van der Waals surface area contributed by atoms with E-state index in [2.05, 4.69) is 11.1 Å². The summed E-state index contributed by atoms with van der Waals surface area (Å²) in [4.78, 5) is 16.2. The van der Waals surface area contributed by atoms with E-state index in [0.29, 0.717) is 63.8 Å². The van der Waals surface area contributed by atoms with Gasteiger partial charge < -0.3 is 23.9 Å². The van der Waals surface area contributed by atoms with E-state index in [1.54, 1.807) is 55.6 Å². The van der Waals surface area contributed by atoms with Crippen molar-refractivity contribution in [3.05, 3.63) is 113 Å². The van der Waals surface area contributed by atoms with E-state index in [1.165, 1.54) is 12.1 Å². The number of ether oxygens (including phenoxy) is 3. The van der Waals surface area contributed by atoms with Crippen LogP contribution in [0.2, 0.25) is 0 Å². The Morgan fingerprint density at radius 2 is 1.93 bits per heavy atom. The van der Waals surface area contributed by atoms with Gasteiger partial charge in [-0.25, -0.2) is 14.2 Å². The molecule has 1 aliphatic rings. The first kappa shape index (κ1) is 26.0. The summed E-state index contributed by atoms with van der Waals surface area (Å²) in [6, 6.07) is 24.3. The third-order valence-electron chi connectivity index (χ3n) is 7.06. The molecule has 0 spiro atoms. The van der Waals surface area contributed by atoms with E-state index in [9.17, 15) is 9.90 Å². The molecule has 0 fully saturated rings. The van der Waals surface area contributed by atoms with Crippen molar-refractivity contribution in [2.45, 2.75) is 19.3 Å². The topological polar surface area (TPSA) is 107 Å². The molecule has 204 valence electrons. The summed E-state index contributed by atoms with van der Waals surface area (Å²) < 4.78 is 34.8. The molecule has 1 aromatic heterocycles. The number of imidazole rings is 1. The molecule has 4 aromatic carbocycles. The summed E-state index contributed by atoms with van der Waals surface area (Å²) in [6.07, 6.45) is -0.468. The lowest BCUT2D eigenvalue weighted by Crippen LogP contribution is -2.10. The van der Waals surface area contributed by atoms with Crippen LogP contribution in [0.4, 0.5) is 4.39 Å². The Morgan fingerprint density at radius 3 is 2.66 bits per heavy atom. The van der Waals surface area contributed by atoms with Gasteiger partial charge in [0.2, 0.25) is 0 Å². The van der Waals surface area contributed by atoms with Crippen molar-refractivity contribution < 1.29 is 28.5 Å². The van der Waals surface area contributed by atoms with Gasteiger partial charge in [0.05, 0.1) is 34.8 Å². The van der Waals surface area contributed by atoms with Crippen LogP contribution in [-0.2, 0) is 17.7 Å². The van der Waals surface area contributed by atoms with Gasteiger partial charge in [-0.05, 0) is 53.6 Å². The molecule has 1 aliphatic heterocycles. The molecule has 0 amide bonds. The molecular formula is C32H24FN3O5. The number of para-hydroxylation sites is 1. The number of fused-ring (bicyclic) bond motifs is 2. The molecule has 1 atom stereocenters. The molecule has 0 saturated carbocycles. The fourth-order valence-corrected chi connectivity index (χ4v) is 4.96. The number of carboxylic acids is 1. The quantitative estimate of drug-likeness (QED) is 0.249. The first-order chi connectivity index (χ1) is 19.9. The maximum absolute atomic E-state index is 15.6. The summed E-state index contributed by atoms with van der Waals surface area (Å²) in [5.41, 5.74) is 4.51. The van der Waals surface area contributed by atoms with Gasteiger partial charge in [0, 0.05) is 31.2 Å². The molecule has 0 bridgehead atoms. The zero-order valence-corrected chi connectivity index (χ0v) is 22.0. The zero-order valence-electron chi connectivity index (χ0n) is 22.0. The minimum absolute atomic E-state index is 0.154. The van der Waals surface area contributed by atoms with Crippen molar-refractivity contribution >= 4 is 17.0 Å². The van der Waals surface area contributed by atoms with Crippen LogP contribution in [0.15, 0.2) is 78.9 Å².